The number of aromatic amines is 1. The van der Waals surface area contributed by atoms with Gasteiger partial charge in [-0.05, 0) is 32.4 Å². The third kappa shape index (κ3) is 2.50. The maximum absolute atomic E-state index is 12.3. The fourth-order valence-electron chi connectivity index (χ4n) is 2.82. The Morgan fingerprint density at radius 2 is 1.67 bits per heavy atom. The van der Waals surface area contributed by atoms with E-state index in [0.29, 0.717) is 11.1 Å². The molecule has 0 saturated carbocycles. The second kappa shape index (κ2) is 6.31. The van der Waals surface area contributed by atoms with Crippen LogP contribution in [0.25, 0.3) is 21.8 Å². The molecule has 3 aromatic rings. The van der Waals surface area contributed by atoms with Crippen LogP contribution in [0.4, 0.5) is 0 Å². The summed E-state index contributed by atoms with van der Waals surface area (Å²) in [6.45, 7) is 5.72. The van der Waals surface area contributed by atoms with Gasteiger partial charge in [0.05, 0.1) is 18.7 Å². The van der Waals surface area contributed by atoms with Crippen LogP contribution >= 0.6 is 0 Å². The SMILES string of the molecule is CCOC(=O)c1nc(C(=O)OCC)c2[nH]c3ccccc3c2c1C. The van der Waals surface area contributed by atoms with E-state index in [1.807, 2.05) is 24.3 Å². The number of benzene rings is 1. The summed E-state index contributed by atoms with van der Waals surface area (Å²) in [5, 5.41) is 1.70. The Labute approximate surface area is 138 Å². The van der Waals surface area contributed by atoms with E-state index in [0.717, 1.165) is 16.3 Å². The van der Waals surface area contributed by atoms with Crippen molar-refractivity contribution in [1.82, 2.24) is 9.97 Å². The van der Waals surface area contributed by atoms with Crippen molar-refractivity contribution >= 4 is 33.7 Å². The molecule has 0 radical (unpaired) electrons. The molecule has 2 heterocycles. The van der Waals surface area contributed by atoms with Crippen molar-refractivity contribution in [2.24, 2.45) is 0 Å². The zero-order chi connectivity index (χ0) is 17.3. The Morgan fingerprint density at radius 3 is 2.33 bits per heavy atom. The molecule has 0 unspecified atom stereocenters. The first-order chi connectivity index (χ1) is 11.6. The number of para-hydroxylation sites is 1. The van der Waals surface area contributed by atoms with Crippen molar-refractivity contribution in [1.29, 1.82) is 0 Å². The zero-order valence-corrected chi connectivity index (χ0v) is 13.8. The third-order valence-electron chi connectivity index (χ3n) is 3.83. The Morgan fingerprint density at radius 1 is 1.04 bits per heavy atom. The summed E-state index contributed by atoms with van der Waals surface area (Å²) in [4.78, 5) is 32.0. The normalized spacial score (nSPS) is 11.0. The molecule has 0 atom stereocenters. The molecule has 1 aromatic carbocycles. The van der Waals surface area contributed by atoms with E-state index in [9.17, 15) is 9.59 Å². The average Bonchev–Trinajstić information content (AvgIpc) is 2.95. The van der Waals surface area contributed by atoms with Crippen molar-refractivity contribution in [3.8, 4) is 0 Å². The largest absolute Gasteiger partial charge is 0.461 e. The fraction of sp³-hybridized carbons (Fsp3) is 0.278. The molecule has 0 bridgehead atoms. The molecule has 2 aromatic heterocycles. The van der Waals surface area contributed by atoms with Gasteiger partial charge < -0.3 is 14.5 Å². The predicted molar refractivity (Wildman–Crippen MR) is 90.2 cm³/mol. The van der Waals surface area contributed by atoms with Gasteiger partial charge in [0.2, 0.25) is 0 Å². The van der Waals surface area contributed by atoms with Crippen molar-refractivity contribution in [3.05, 3.63) is 41.2 Å². The molecule has 0 aliphatic carbocycles. The number of fused-ring (bicyclic) bond motifs is 3. The van der Waals surface area contributed by atoms with Gasteiger partial charge in [0.25, 0.3) is 0 Å². The molecule has 0 aliphatic rings. The summed E-state index contributed by atoms with van der Waals surface area (Å²) in [5.41, 5.74) is 2.34. The summed E-state index contributed by atoms with van der Waals surface area (Å²) in [5.74, 6) is -1.12. The van der Waals surface area contributed by atoms with Crippen LogP contribution in [0.2, 0.25) is 0 Å². The molecule has 0 spiro atoms. The Balaban J connectivity index is 2.37. The molecule has 6 heteroatoms. The van der Waals surface area contributed by atoms with E-state index >= 15 is 0 Å². The van der Waals surface area contributed by atoms with E-state index in [4.69, 9.17) is 9.47 Å². The third-order valence-corrected chi connectivity index (χ3v) is 3.83. The van der Waals surface area contributed by atoms with Crippen LogP contribution < -0.4 is 0 Å². The van der Waals surface area contributed by atoms with Gasteiger partial charge in [0, 0.05) is 16.3 Å². The molecule has 6 nitrogen and oxygen atoms in total. The molecular weight excluding hydrogens is 308 g/mol. The first-order valence-electron chi connectivity index (χ1n) is 7.83. The first-order valence-corrected chi connectivity index (χ1v) is 7.83. The summed E-state index contributed by atoms with van der Waals surface area (Å²) in [6.07, 6.45) is 0. The fourth-order valence-corrected chi connectivity index (χ4v) is 2.82. The second-order valence-corrected chi connectivity index (χ2v) is 5.30. The highest BCUT2D eigenvalue weighted by atomic mass is 16.5. The van der Waals surface area contributed by atoms with Gasteiger partial charge in [-0.15, -0.1) is 0 Å². The molecule has 1 N–H and O–H groups in total. The summed E-state index contributed by atoms with van der Waals surface area (Å²) >= 11 is 0. The van der Waals surface area contributed by atoms with E-state index in [-0.39, 0.29) is 24.6 Å². The van der Waals surface area contributed by atoms with Gasteiger partial charge in [0.1, 0.15) is 0 Å². The number of rotatable bonds is 4. The maximum Gasteiger partial charge on any atom is 0.359 e. The first kappa shape index (κ1) is 16.0. The molecule has 0 saturated heterocycles. The van der Waals surface area contributed by atoms with E-state index in [2.05, 4.69) is 9.97 Å². The number of carbonyl (C=O) groups is 2. The molecule has 24 heavy (non-hydrogen) atoms. The second-order valence-electron chi connectivity index (χ2n) is 5.30. The number of nitrogens with one attached hydrogen (secondary N) is 1. The topological polar surface area (TPSA) is 81.3 Å². The minimum Gasteiger partial charge on any atom is -0.461 e. The minimum absolute atomic E-state index is 0.0942. The summed E-state index contributed by atoms with van der Waals surface area (Å²) in [7, 11) is 0. The van der Waals surface area contributed by atoms with Gasteiger partial charge in [-0.3, -0.25) is 0 Å². The zero-order valence-electron chi connectivity index (χ0n) is 13.8. The summed E-state index contributed by atoms with van der Waals surface area (Å²) in [6, 6.07) is 7.65. The van der Waals surface area contributed by atoms with Crippen molar-refractivity contribution in [2.45, 2.75) is 20.8 Å². The van der Waals surface area contributed by atoms with Crippen LogP contribution in [0, 0.1) is 6.92 Å². The average molecular weight is 326 g/mol. The van der Waals surface area contributed by atoms with Crippen LogP contribution in [0.15, 0.2) is 24.3 Å². The van der Waals surface area contributed by atoms with Crippen LogP contribution in [0.1, 0.15) is 40.4 Å². The lowest BCUT2D eigenvalue weighted by Gasteiger charge is -2.09. The van der Waals surface area contributed by atoms with E-state index in [1.54, 1.807) is 20.8 Å². The number of hydrogen-bond acceptors (Lipinski definition) is 5. The number of esters is 2. The maximum atomic E-state index is 12.3. The highest BCUT2D eigenvalue weighted by molar-refractivity contribution is 6.16. The van der Waals surface area contributed by atoms with Crippen LogP contribution in [-0.4, -0.2) is 35.1 Å². The number of hydrogen-bond donors (Lipinski definition) is 1. The Hall–Kier alpha value is -2.89. The molecule has 0 aliphatic heterocycles. The van der Waals surface area contributed by atoms with Gasteiger partial charge in [0.15, 0.2) is 11.4 Å². The van der Waals surface area contributed by atoms with Gasteiger partial charge in [-0.1, -0.05) is 18.2 Å². The lowest BCUT2D eigenvalue weighted by atomic mass is 10.0. The molecular formula is C18H18N2O4. The van der Waals surface area contributed by atoms with Crippen LogP contribution in [0.5, 0.6) is 0 Å². The monoisotopic (exact) mass is 326 g/mol. The van der Waals surface area contributed by atoms with Gasteiger partial charge in [-0.2, -0.15) is 0 Å². The number of H-pyrrole nitrogens is 1. The van der Waals surface area contributed by atoms with Crippen molar-refractivity contribution < 1.29 is 19.1 Å². The number of ether oxygens (including phenoxy) is 2. The predicted octanol–water partition coefficient (Wildman–Crippen LogP) is 3.38. The smallest absolute Gasteiger partial charge is 0.359 e. The van der Waals surface area contributed by atoms with E-state index in [1.165, 1.54) is 0 Å². The minimum atomic E-state index is -0.570. The number of pyridine rings is 1. The van der Waals surface area contributed by atoms with Gasteiger partial charge >= 0.3 is 11.9 Å². The highest BCUT2D eigenvalue weighted by Gasteiger charge is 2.24. The lowest BCUT2D eigenvalue weighted by Crippen LogP contribution is -2.15. The highest BCUT2D eigenvalue weighted by Crippen LogP contribution is 2.31. The number of aryl methyl sites for hydroxylation is 1. The lowest BCUT2D eigenvalue weighted by molar-refractivity contribution is 0.0513. The number of aromatic nitrogens is 2. The number of nitrogens with zero attached hydrogens (tertiary/aromatic N) is 1. The molecule has 0 fully saturated rings. The Kier molecular flexibility index (Phi) is 4.20. The number of carbonyl (C=O) groups excluding carboxylic acids is 2. The Bertz CT molecular complexity index is 943. The molecule has 0 amide bonds. The van der Waals surface area contributed by atoms with Crippen LogP contribution in [-0.2, 0) is 9.47 Å². The van der Waals surface area contributed by atoms with Crippen molar-refractivity contribution in [2.75, 3.05) is 13.2 Å². The standard InChI is InChI=1S/C18H18N2O4/c1-4-23-17(21)14-10(3)13-11-8-6-7-9-12(11)19-15(13)16(20-14)18(22)24-5-2/h6-9,19H,4-5H2,1-3H3. The summed E-state index contributed by atoms with van der Waals surface area (Å²) < 4.78 is 10.2. The van der Waals surface area contributed by atoms with E-state index < -0.39 is 11.9 Å². The van der Waals surface area contributed by atoms with Crippen molar-refractivity contribution in [3.63, 3.8) is 0 Å². The van der Waals surface area contributed by atoms with Crippen LogP contribution in [0.3, 0.4) is 0 Å². The molecule has 124 valence electrons. The quantitative estimate of drug-likeness (QED) is 0.743. The molecule has 3 rings (SSSR count). The van der Waals surface area contributed by atoms with Gasteiger partial charge in [-0.25, -0.2) is 14.6 Å².